The Hall–Kier alpha value is -1.84. The minimum absolute atomic E-state index is 0. The van der Waals surface area contributed by atoms with Gasteiger partial charge in [0.15, 0.2) is 5.96 Å². The number of rotatable bonds is 11. The minimum atomic E-state index is -0.0136. The maximum atomic E-state index is 12.1. The van der Waals surface area contributed by atoms with Crippen molar-refractivity contribution in [1.82, 2.24) is 15.5 Å². The van der Waals surface area contributed by atoms with Crippen molar-refractivity contribution >= 4 is 47.4 Å². The summed E-state index contributed by atoms with van der Waals surface area (Å²) in [5.74, 6) is 0.832. The van der Waals surface area contributed by atoms with Gasteiger partial charge in [-0.2, -0.15) is 0 Å². The first-order valence-corrected chi connectivity index (χ1v) is 10.6. The van der Waals surface area contributed by atoms with Gasteiger partial charge in [0, 0.05) is 44.2 Å². The van der Waals surface area contributed by atoms with Crippen LogP contribution in [0.3, 0.4) is 0 Å². The van der Waals surface area contributed by atoms with Gasteiger partial charge in [0.1, 0.15) is 0 Å². The summed E-state index contributed by atoms with van der Waals surface area (Å²) in [5.41, 5.74) is 1.79. The third kappa shape index (κ3) is 10.3. The highest BCUT2D eigenvalue weighted by atomic mass is 127. The molecule has 0 aromatic heterocycles. The monoisotopic (exact) mass is 531 g/mol. The molecule has 2 amide bonds. The summed E-state index contributed by atoms with van der Waals surface area (Å²) >= 11 is 0. The smallest absolute Gasteiger partial charge is 0.227 e. The number of carbonyl (C=O) groups excluding carboxylic acids is 2. The highest BCUT2D eigenvalue weighted by Gasteiger charge is 2.11. The lowest BCUT2D eigenvalue weighted by molar-refractivity contribution is -0.130. The Morgan fingerprint density at radius 2 is 1.80 bits per heavy atom. The van der Waals surface area contributed by atoms with E-state index in [0.717, 1.165) is 37.3 Å². The summed E-state index contributed by atoms with van der Waals surface area (Å²) in [4.78, 5) is 30.6. The molecule has 1 rings (SSSR count). The first-order chi connectivity index (χ1) is 13.9. The van der Waals surface area contributed by atoms with Crippen molar-refractivity contribution < 1.29 is 9.59 Å². The van der Waals surface area contributed by atoms with Crippen LogP contribution in [0.25, 0.3) is 0 Å². The molecule has 8 heteroatoms. The van der Waals surface area contributed by atoms with E-state index in [1.807, 2.05) is 63.8 Å². The molecule has 0 aliphatic heterocycles. The van der Waals surface area contributed by atoms with Crippen LogP contribution in [0.15, 0.2) is 29.3 Å². The second-order valence-corrected chi connectivity index (χ2v) is 6.94. The Morgan fingerprint density at radius 3 is 2.40 bits per heavy atom. The normalized spacial score (nSPS) is 11.8. The number of hydrogen-bond acceptors (Lipinski definition) is 3. The number of halogens is 1. The fraction of sp³-hybridized carbons (Fsp3) is 0.591. The fourth-order valence-electron chi connectivity index (χ4n) is 2.73. The van der Waals surface area contributed by atoms with Crippen LogP contribution in [0.4, 0.5) is 5.69 Å². The van der Waals surface area contributed by atoms with Gasteiger partial charge < -0.3 is 20.9 Å². The summed E-state index contributed by atoms with van der Waals surface area (Å²) < 4.78 is 0. The van der Waals surface area contributed by atoms with Gasteiger partial charge in [0.05, 0.1) is 6.54 Å². The van der Waals surface area contributed by atoms with E-state index in [9.17, 15) is 9.59 Å². The molecule has 0 saturated carbocycles. The molecular weight excluding hydrogens is 493 g/mol. The largest absolute Gasteiger partial charge is 0.357 e. The Kier molecular flexibility index (Phi) is 15.0. The summed E-state index contributed by atoms with van der Waals surface area (Å²) in [6, 6.07) is 7.73. The van der Waals surface area contributed by atoms with Crippen LogP contribution in [0.5, 0.6) is 0 Å². The lowest BCUT2D eigenvalue weighted by Gasteiger charge is -2.19. The van der Waals surface area contributed by atoms with E-state index in [0.29, 0.717) is 25.5 Å². The van der Waals surface area contributed by atoms with E-state index >= 15 is 0 Å². The maximum Gasteiger partial charge on any atom is 0.227 e. The van der Waals surface area contributed by atoms with Crippen LogP contribution < -0.4 is 16.0 Å². The van der Waals surface area contributed by atoms with Crippen LogP contribution >= 0.6 is 24.0 Å². The Balaban J connectivity index is 0.00000841. The number of anilines is 1. The minimum Gasteiger partial charge on any atom is -0.357 e. The van der Waals surface area contributed by atoms with Crippen molar-refractivity contribution in [3.05, 3.63) is 29.8 Å². The lowest BCUT2D eigenvalue weighted by Crippen LogP contribution is -2.40. The number of aliphatic imine (C=N–C) groups is 1. The summed E-state index contributed by atoms with van der Waals surface area (Å²) in [7, 11) is 0. The molecule has 0 heterocycles. The van der Waals surface area contributed by atoms with E-state index < -0.39 is 0 Å². The van der Waals surface area contributed by atoms with Crippen LogP contribution in [0, 0.1) is 5.92 Å². The zero-order valence-corrected chi connectivity index (χ0v) is 21.3. The standard InChI is InChI=1S/C22H37N5O2.HI/c1-6-17(5)21(29)26-19-12-10-11-18(15-19)16-25-22(23-7-2)24-14-13-20(28)27(8-3)9-4;/h10-12,15,17H,6-9,13-14,16H2,1-5H3,(H,26,29)(H2,23,24,25);1H. The van der Waals surface area contributed by atoms with Gasteiger partial charge in [-0.3, -0.25) is 9.59 Å². The summed E-state index contributed by atoms with van der Waals surface area (Å²) in [6.45, 7) is 13.1. The predicted octanol–water partition coefficient (Wildman–Crippen LogP) is 3.60. The molecule has 1 aromatic carbocycles. The average molecular weight is 531 g/mol. The Bertz CT molecular complexity index is 677. The van der Waals surface area contributed by atoms with Gasteiger partial charge in [0.2, 0.25) is 11.8 Å². The summed E-state index contributed by atoms with van der Waals surface area (Å²) in [5, 5.41) is 9.37. The van der Waals surface area contributed by atoms with Crippen molar-refractivity contribution in [3.63, 3.8) is 0 Å². The third-order valence-electron chi connectivity index (χ3n) is 4.77. The second kappa shape index (κ2) is 15.9. The van der Waals surface area contributed by atoms with E-state index in [2.05, 4.69) is 20.9 Å². The van der Waals surface area contributed by atoms with E-state index in [1.165, 1.54) is 0 Å². The van der Waals surface area contributed by atoms with Gasteiger partial charge in [-0.1, -0.05) is 26.0 Å². The molecule has 1 unspecified atom stereocenters. The average Bonchev–Trinajstić information content (AvgIpc) is 2.72. The molecule has 0 bridgehead atoms. The van der Waals surface area contributed by atoms with Crippen molar-refractivity contribution in [3.8, 4) is 0 Å². The van der Waals surface area contributed by atoms with Crippen LogP contribution in [0.2, 0.25) is 0 Å². The van der Waals surface area contributed by atoms with Gasteiger partial charge in [-0.25, -0.2) is 4.99 Å². The van der Waals surface area contributed by atoms with Gasteiger partial charge >= 0.3 is 0 Å². The number of hydrogen-bond donors (Lipinski definition) is 3. The highest BCUT2D eigenvalue weighted by Crippen LogP contribution is 2.13. The first kappa shape index (κ1) is 28.2. The number of guanidine groups is 1. The molecule has 0 saturated heterocycles. The van der Waals surface area contributed by atoms with E-state index in [4.69, 9.17) is 0 Å². The van der Waals surface area contributed by atoms with Gasteiger partial charge in [0.25, 0.3) is 0 Å². The predicted molar refractivity (Wildman–Crippen MR) is 135 cm³/mol. The molecule has 1 atom stereocenters. The van der Waals surface area contributed by atoms with Crippen LogP contribution in [-0.2, 0) is 16.1 Å². The quantitative estimate of drug-likeness (QED) is 0.232. The van der Waals surface area contributed by atoms with E-state index in [1.54, 1.807) is 0 Å². The first-order valence-electron chi connectivity index (χ1n) is 10.6. The van der Waals surface area contributed by atoms with E-state index in [-0.39, 0.29) is 41.7 Å². The topological polar surface area (TPSA) is 85.8 Å². The fourth-order valence-corrected chi connectivity index (χ4v) is 2.73. The molecule has 7 nitrogen and oxygen atoms in total. The second-order valence-electron chi connectivity index (χ2n) is 6.94. The Morgan fingerprint density at radius 1 is 1.10 bits per heavy atom. The molecule has 0 fully saturated rings. The number of amides is 2. The number of nitrogens with zero attached hydrogens (tertiary/aromatic N) is 2. The molecule has 0 spiro atoms. The molecule has 3 N–H and O–H groups in total. The molecular formula is C22H38IN5O2. The lowest BCUT2D eigenvalue weighted by atomic mass is 10.1. The maximum absolute atomic E-state index is 12.1. The number of nitrogens with one attached hydrogen (secondary N) is 3. The number of benzene rings is 1. The highest BCUT2D eigenvalue weighted by molar-refractivity contribution is 14.0. The van der Waals surface area contributed by atoms with Crippen LogP contribution in [-0.4, -0.2) is 48.9 Å². The molecule has 170 valence electrons. The van der Waals surface area contributed by atoms with Crippen molar-refractivity contribution in [1.29, 1.82) is 0 Å². The molecule has 0 aliphatic rings. The Labute approximate surface area is 198 Å². The van der Waals surface area contributed by atoms with Crippen molar-refractivity contribution in [2.75, 3.05) is 31.5 Å². The zero-order valence-electron chi connectivity index (χ0n) is 19.0. The van der Waals surface area contributed by atoms with Crippen molar-refractivity contribution in [2.45, 2.75) is 54.0 Å². The summed E-state index contributed by atoms with van der Waals surface area (Å²) in [6.07, 6.45) is 1.24. The molecule has 30 heavy (non-hydrogen) atoms. The van der Waals surface area contributed by atoms with Gasteiger partial charge in [-0.15, -0.1) is 24.0 Å². The van der Waals surface area contributed by atoms with Crippen molar-refractivity contribution in [2.24, 2.45) is 10.9 Å². The number of carbonyl (C=O) groups is 2. The SMILES string of the molecule is CCNC(=NCc1cccc(NC(=O)C(C)CC)c1)NCCC(=O)N(CC)CC.I. The van der Waals surface area contributed by atoms with Gasteiger partial charge in [-0.05, 0) is 44.9 Å². The molecule has 0 radical (unpaired) electrons. The van der Waals surface area contributed by atoms with Crippen LogP contribution in [0.1, 0.15) is 53.0 Å². The third-order valence-corrected chi connectivity index (χ3v) is 4.77. The zero-order chi connectivity index (χ0) is 21.6. The molecule has 1 aromatic rings. The molecule has 0 aliphatic carbocycles.